The van der Waals surface area contributed by atoms with Crippen LogP contribution in [-0.2, 0) is 11.3 Å². The summed E-state index contributed by atoms with van der Waals surface area (Å²) in [7, 11) is 4.60. The molecule has 0 unspecified atom stereocenters. The van der Waals surface area contributed by atoms with Gasteiger partial charge in [-0.15, -0.1) is 0 Å². The number of hydrogen-bond donors (Lipinski definition) is 1. The molecule has 0 spiro atoms. The minimum absolute atomic E-state index is 0.156. The Hall–Kier alpha value is -2.90. The first kappa shape index (κ1) is 17.5. The summed E-state index contributed by atoms with van der Waals surface area (Å²) < 4.78 is 25.9. The van der Waals surface area contributed by atoms with Crippen LogP contribution in [0.3, 0.4) is 0 Å². The maximum Gasteiger partial charge on any atom is 0.258 e. The number of aromatic nitrogens is 1. The molecular formula is C16H20N2O6. The van der Waals surface area contributed by atoms with Crippen molar-refractivity contribution in [3.8, 4) is 23.1 Å². The van der Waals surface area contributed by atoms with Crippen LogP contribution < -0.4 is 24.3 Å². The lowest BCUT2D eigenvalue weighted by molar-refractivity contribution is -0.123. The average molecular weight is 336 g/mol. The minimum Gasteiger partial charge on any atom is -0.493 e. The molecule has 2 rings (SSSR count). The molecule has 1 heterocycles. The van der Waals surface area contributed by atoms with Gasteiger partial charge in [0.25, 0.3) is 11.8 Å². The Morgan fingerprint density at radius 1 is 1.12 bits per heavy atom. The predicted molar refractivity (Wildman–Crippen MR) is 84.7 cm³/mol. The molecule has 0 aliphatic heterocycles. The van der Waals surface area contributed by atoms with Crippen LogP contribution in [0.25, 0.3) is 0 Å². The van der Waals surface area contributed by atoms with E-state index in [1.807, 2.05) is 0 Å². The molecule has 0 radical (unpaired) electrons. The third-order valence-corrected chi connectivity index (χ3v) is 3.17. The van der Waals surface area contributed by atoms with Gasteiger partial charge in [0.1, 0.15) is 5.76 Å². The van der Waals surface area contributed by atoms with E-state index in [0.717, 1.165) is 5.56 Å². The fourth-order valence-electron chi connectivity index (χ4n) is 2.04. The molecule has 0 bridgehead atoms. The van der Waals surface area contributed by atoms with Crippen LogP contribution in [0.2, 0.25) is 0 Å². The zero-order valence-corrected chi connectivity index (χ0v) is 14.0. The van der Waals surface area contributed by atoms with Crippen molar-refractivity contribution in [2.75, 3.05) is 27.9 Å². The third-order valence-electron chi connectivity index (χ3n) is 3.17. The molecule has 0 atom stereocenters. The maximum absolute atomic E-state index is 11.8. The molecular weight excluding hydrogens is 316 g/mol. The van der Waals surface area contributed by atoms with Crippen molar-refractivity contribution in [1.82, 2.24) is 10.5 Å². The first-order valence-corrected chi connectivity index (χ1v) is 7.19. The van der Waals surface area contributed by atoms with Crippen LogP contribution in [0, 0.1) is 6.92 Å². The summed E-state index contributed by atoms with van der Waals surface area (Å²) >= 11 is 0. The van der Waals surface area contributed by atoms with Crippen molar-refractivity contribution in [2.24, 2.45) is 0 Å². The van der Waals surface area contributed by atoms with Crippen LogP contribution in [0.4, 0.5) is 0 Å². The number of benzene rings is 1. The van der Waals surface area contributed by atoms with Gasteiger partial charge in [-0.3, -0.25) is 4.79 Å². The molecule has 1 aromatic carbocycles. The van der Waals surface area contributed by atoms with Gasteiger partial charge in [0.2, 0.25) is 5.75 Å². The molecule has 1 N–H and O–H groups in total. The molecule has 8 heteroatoms. The van der Waals surface area contributed by atoms with Crippen molar-refractivity contribution >= 4 is 5.91 Å². The molecule has 2 aromatic rings. The van der Waals surface area contributed by atoms with E-state index in [4.69, 9.17) is 23.5 Å². The van der Waals surface area contributed by atoms with Crippen molar-refractivity contribution in [2.45, 2.75) is 13.5 Å². The second-order valence-corrected chi connectivity index (χ2v) is 4.87. The number of aryl methyl sites for hydroxylation is 1. The van der Waals surface area contributed by atoms with Crippen LogP contribution in [0.15, 0.2) is 22.7 Å². The predicted octanol–water partition coefficient (Wildman–Crippen LogP) is 1.70. The number of nitrogens with one attached hydrogen (secondary N) is 1. The lowest BCUT2D eigenvalue weighted by Crippen LogP contribution is -2.28. The number of hydrogen-bond acceptors (Lipinski definition) is 7. The van der Waals surface area contributed by atoms with E-state index in [1.54, 1.807) is 25.1 Å². The standard InChI is InChI=1S/C16H20N2O6/c1-10-5-15(18-24-10)23-9-14(19)17-8-11-6-12(20-2)16(22-4)13(7-11)21-3/h5-7H,8-9H2,1-4H3,(H,17,19). The van der Waals surface area contributed by atoms with E-state index in [9.17, 15) is 4.79 Å². The van der Waals surface area contributed by atoms with Crippen molar-refractivity contribution in [1.29, 1.82) is 0 Å². The molecule has 0 saturated carbocycles. The highest BCUT2D eigenvalue weighted by atomic mass is 16.5. The fourth-order valence-corrected chi connectivity index (χ4v) is 2.04. The normalized spacial score (nSPS) is 10.2. The lowest BCUT2D eigenvalue weighted by Gasteiger charge is -2.14. The van der Waals surface area contributed by atoms with Crippen LogP contribution >= 0.6 is 0 Å². The second kappa shape index (κ2) is 8.09. The topological polar surface area (TPSA) is 92.1 Å². The first-order valence-electron chi connectivity index (χ1n) is 7.19. The quantitative estimate of drug-likeness (QED) is 0.784. The van der Waals surface area contributed by atoms with Gasteiger partial charge in [0.15, 0.2) is 18.1 Å². The highest BCUT2D eigenvalue weighted by Crippen LogP contribution is 2.38. The van der Waals surface area contributed by atoms with Crippen LogP contribution in [0.5, 0.6) is 23.1 Å². The average Bonchev–Trinajstić information content (AvgIpc) is 3.02. The van der Waals surface area contributed by atoms with Crippen LogP contribution in [0.1, 0.15) is 11.3 Å². The van der Waals surface area contributed by atoms with Gasteiger partial charge in [-0.25, -0.2) is 0 Å². The number of carbonyl (C=O) groups is 1. The number of methoxy groups -OCH3 is 3. The summed E-state index contributed by atoms with van der Waals surface area (Å²) in [5.74, 6) is 2.15. The van der Waals surface area contributed by atoms with E-state index >= 15 is 0 Å². The SMILES string of the molecule is COc1cc(CNC(=O)COc2cc(C)on2)cc(OC)c1OC. The molecule has 0 fully saturated rings. The Morgan fingerprint density at radius 3 is 2.29 bits per heavy atom. The van der Waals surface area contributed by atoms with Gasteiger partial charge in [0.05, 0.1) is 21.3 Å². The molecule has 24 heavy (non-hydrogen) atoms. The molecule has 1 aromatic heterocycles. The smallest absolute Gasteiger partial charge is 0.258 e. The second-order valence-electron chi connectivity index (χ2n) is 4.87. The third kappa shape index (κ3) is 4.31. The van der Waals surface area contributed by atoms with Crippen LogP contribution in [-0.4, -0.2) is 39.0 Å². The van der Waals surface area contributed by atoms with Gasteiger partial charge in [0, 0.05) is 12.6 Å². The highest BCUT2D eigenvalue weighted by molar-refractivity contribution is 5.77. The summed E-state index contributed by atoms with van der Waals surface area (Å²) in [4.78, 5) is 11.8. The number of nitrogens with zero attached hydrogens (tertiary/aromatic N) is 1. The molecule has 0 aliphatic carbocycles. The number of rotatable bonds is 8. The summed E-state index contributed by atoms with van der Waals surface area (Å²) in [6, 6.07) is 5.14. The highest BCUT2D eigenvalue weighted by Gasteiger charge is 2.14. The van der Waals surface area contributed by atoms with Gasteiger partial charge < -0.3 is 28.8 Å². The van der Waals surface area contributed by atoms with Gasteiger partial charge in [-0.2, -0.15) is 0 Å². The largest absolute Gasteiger partial charge is 0.493 e. The van der Waals surface area contributed by atoms with E-state index in [2.05, 4.69) is 10.5 Å². The van der Waals surface area contributed by atoms with Crippen molar-refractivity contribution in [3.63, 3.8) is 0 Å². The molecule has 0 aliphatic rings. The summed E-state index contributed by atoms with van der Waals surface area (Å²) in [6.07, 6.45) is 0. The number of carbonyl (C=O) groups excluding carboxylic acids is 1. The zero-order valence-electron chi connectivity index (χ0n) is 14.0. The summed E-state index contributed by atoms with van der Waals surface area (Å²) in [6.45, 7) is 1.87. The number of amides is 1. The molecule has 0 saturated heterocycles. The Bertz CT molecular complexity index is 673. The first-order chi connectivity index (χ1) is 11.6. The van der Waals surface area contributed by atoms with E-state index in [0.29, 0.717) is 23.0 Å². The Kier molecular flexibility index (Phi) is 5.89. The van der Waals surface area contributed by atoms with Gasteiger partial charge >= 0.3 is 0 Å². The number of ether oxygens (including phenoxy) is 4. The fraction of sp³-hybridized carbons (Fsp3) is 0.375. The minimum atomic E-state index is -0.288. The van der Waals surface area contributed by atoms with Crippen molar-refractivity contribution in [3.05, 3.63) is 29.5 Å². The summed E-state index contributed by atoms with van der Waals surface area (Å²) in [5.41, 5.74) is 0.801. The molecule has 8 nitrogen and oxygen atoms in total. The molecule has 1 amide bonds. The Labute approximate surface area is 139 Å². The van der Waals surface area contributed by atoms with Crippen molar-refractivity contribution < 1.29 is 28.3 Å². The van der Waals surface area contributed by atoms with E-state index in [-0.39, 0.29) is 24.9 Å². The Morgan fingerprint density at radius 2 is 1.79 bits per heavy atom. The van der Waals surface area contributed by atoms with Gasteiger partial charge in [-0.05, 0) is 29.8 Å². The van der Waals surface area contributed by atoms with Gasteiger partial charge in [-0.1, -0.05) is 0 Å². The lowest BCUT2D eigenvalue weighted by atomic mass is 10.1. The summed E-state index contributed by atoms with van der Waals surface area (Å²) in [5, 5.41) is 6.39. The monoisotopic (exact) mass is 336 g/mol. The van der Waals surface area contributed by atoms with E-state index < -0.39 is 0 Å². The zero-order chi connectivity index (χ0) is 17.5. The Balaban J connectivity index is 1.94. The maximum atomic E-state index is 11.8. The molecule has 130 valence electrons. The van der Waals surface area contributed by atoms with E-state index in [1.165, 1.54) is 21.3 Å².